The fourth-order valence-corrected chi connectivity index (χ4v) is 1.27. The quantitative estimate of drug-likeness (QED) is 0.669. The molecule has 0 aliphatic carbocycles. The fraction of sp³-hybridized carbons (Fsp3) is 0.286. The molecule has 70 valence electrons. The Morgan fingerprint density at radius 1 is 1.46 bits per heavy atom. The Labute approximate surface area is 74.7 Å². The first-order chi connectivity index (χ1) is 6.24. The van der Waals surface area contributed by atoms with E-state index in [0.717, 1.165) is 0 Å². The topological polar surface area (TPSA) is 83.5 Å². The molecule has 2 aromatic rings. The molecule has 0 radical (unpaired) electrons. The number of nitrogens with two attached hydrogens (primary N) is 2. The number of rotatable bonds is 2. The standard InChI is InChI=1S/C7H11N5O/c1-2-13-12-4-3-11-6(12)5(8)10-7(11)9/h3-4H,2,8H2,1H3,(H2,9,10). The first-order valence-electron chi connectivity index (χ1n) is 3.97. The van der Waals surface area contributed by atoms with Gasteiger partial charge in [-0.3, -0.25) is 4.40 Å². The molecule has 0 saturated carbocycles. The van der Waals surface area contributed by atoms with Gasteiger partial charge < -0.3 is 16.3 Å². The van der Waals surface area contributed by atoms with Crippen molar-refractivity contribution in [2.24, 2.45) is 0 Å². The Bertz CT molecular complexity index is 429. The van der Waals surface area contributed by atoms with Crippen molar-refractivity contribution in [3.8, 4) is 0 Å². The zero-order valence-electron chi connectivity index (χ0n) is 7.27. The van der Waals surface area contributed by atoms with Gasteiger partial charge in [-0.2, -0.15) is 9.71 Å². The van der Waals surface area contributed by atoms with Gasteiger partial charge in [-0.15, -0.1) is 0 Å². The van der Waals surface area contributed by atoms with Gasteiger partial charge in [0.15, 0.2) is 11.5 Å². The van der Waals surface area contributed by atoms with Gasteiger partial charge in [0.05, 0.1) is 6.20 Å². The van der Waals surface area contributed by atoms with Crippen molar-refractivity contribution in [2.75, 3.05) is 18.1 Å². The molecule has 0 bridgehead atoms. The molecule has 0 atom stereocenters. The van der Waals surface area contributed by atoms with Crippen molar-refractivity contribution < 1.29 is 4.84 Å². The van der Waals surface area contributed by atoms with Gasteiger partial charge in [-0.1, -0.05) is 0 Å². The number of nitrogen functional groups attached to an aromatic ring is 2. The number of aromatic nitrogens is 3. The molecule has 0 spiro atoms. The van der Waals surface area contributed by atoms with Gasteiger partial charge in [0.1, 0.15) is 6.61 Å². The van der Waals surface area contributed by atoms with Crippen molar-refractivity contribution in [1.29, 1.82) is 0 Å². The van der Waals surface area contributed by atoms with Crippen LogP contribution >= 0.6 is 0 Å². The molecule has 0 aromatic carbocycles. The summed E-state index contributed by atoms with van der Waals surface area (Å²) in [6.07, 6.45) is 3.50. The molecular weight excluding hydrogens is 170 g/mol. The summed E-state index contributed by atoms with van der Waals surface area (Å²) in [4.78, 5) is 9.18. The van der Waals surface area contributed by atoms with Crippen molar-refractivity contribution in [1.82, 2.24) is 14.1 Å². The second kappa shape index (κ2) is 2.58. The van der Waals surface area contributed by atoms with E-state index in [1.807, 2.05) is 6.92 Å². The summed E-state index contributed by atoms with van der Waals surface area (Å²) in [5, 5.41) is 0. The average molecular weight is 181 g/mol. The van der Waals surface area contributed by atoms with Gasteiger partial charge in [-0.25, -0.2) is 0 Å². The third kappa shape index (κ3) is 0.986. The minimum absolute atomic E-state index is 0.367. The van der Waals surface area contributed by atoms with Crippen molar-refractivity contribution in [3.63, 3.8) is 0 Å². The van der Waals surface area contributed by atoms with E-state index in [4.69, 9.17) is 16.3 Å². The maximum Gasteiger partial charge on any atom is 0.208 e. The Hall–Kier alpha value is -1.85. The first kappa shape index (κ1) is 7.78. The van der Waals surface area contributed by atoms with Crippen LogP contribution in [-0.4, -0.2) is 20.7 Å². The molecule has 0 aliphatic heterocycles. The zero-order valence-corrected chi connectivity index (χ0v) is 7.27. The SMILES string of the molecule is CCOn1ccn2c(N)nc(N)c12. The van der Waals surface area contributed by atoms with Gasteiger partial charge in [-0.05, 0) is 6.92 Å². The summed E-state index contributed by atoms with van der Waals surface area (Å²) in [6, 6.07) is 0. The van der Waals surface area contributed by atoms with Gasteiger partial charge in [0.25, 0.3) is 0 Å². The molecule has 6 heteroatoms. The monoisotopic (exact) mass is 181 g/mol. The lowest BCUT2D eigenvalue weighted by Gasteiger charge is -2.02. The van der Waals surface area contributed by atoms with Crippen LogP contribution in [0.1, 0.15) is 6.92 Å². The van der Waals surface area contributed by atoms with E-state index >= 15 is 0 Å². The fourth-order valence-electron chi connectivity index (χ4n) is 1.27. The predicted molar refractivity (Wildman–Crippen MR) is 49.1 cm³/mol. The molecule has 2 heterocycles. The lowest BCUT2D eigenvalue weighted by molar-refractivity contribution is 0.132. The highest BCUT2D eigenvalue weighted by molar-refractivity contribution is 5.65. The number of fused-ring (bicyclic) bond motifs is 1. The van der Waals surface area contributed by atoms with Crippen LogP contribution in [0, 0.1) is 0 Å². The molecule has 2 rings (SSSR count). The smallest absolute Gasteiger partial charge is 0.208 e. The zero-order chi connectivity index (χ0) is 9.42. The van der Waals surface area contributed by atoms with E-state index in [0.29, 0.717) is 24.0 Å². The maximum atomic E-state index is 5.64. The molecule has 0 saturated heterocycles. The molecule has 0 fully saturated rings. The molecule has 0 aliphatic rings. The van der Waals surface area contributed by atoms with Crippen LogP contribution in [0.15, 0.2) is 12.4 Å². The summed E-state index contributed by atoms with van der Waals surface area (Å²) in [5.41, 5.74) is 11.9. The van der Waals surface area contributed by atoms with Crippen molar-refractivity contribution >= 4 is 17.4 Å². The van der Waals surface area contributed by atoms with Crippen molar-refractivity contribution in [2.45, 2.75) is 6.92 Å². The Morgan fingerprint density at radius 3 is 2.92 bits per heavy atom. The predicted octanol–water partition coefficient (Wildman–Crippen LogP) is -0.251. The summed E-state index contributed by atoms with van der Waals surface area (Å²) in [6.45, 7) is 2.46. The van der Waals surface area contributed by atoms with E-state index in [-0.39, 0.29) is 0 Å². The Kier molecular flexibility index (Phi) is 1.54. The van der Waals surface area contributed by atoms with Crippen LogP contribution in [-0.2, 0) is 0 Å². The molecule has 13 heavy (non-hydrogen) atoms. The number of anilines is 2. The molecule has 0 unspecified atom stereocenters. The van der Waals surface area contributed by atoms with E-state index in [1.54, 1.807) is 21.5 Å². The number of hydrogen-bond donors (Lipinski definition) is 2. The highest BCUT2D eigenvalue weighted by Crippen LogP contribution is 2.16. The van der Waals surface area contributed by atoms with Crippen LogP contribution in [0.5, 0.6) is 0 Å². The summed E-state index contributed by atoms with van der Waals surface area (Å²) >= 11 is 0. The highest BCUT2D eigenvalue weighted by Gasteiger charge is 2.10. The molecule has 2 aromatic heterocycles. The lowest BCUT2D eigenvalue weighted by atomic mass is 10.7. The third-order valence-corrected chi connectivity index (χ3v) is 1.77. The largest absolute Gasteiger partial charge is 0.413 e. The number of hydrogen-bond acceptors (Lipinski definition) is 4. The van der Waals surface area contributed by atoms with Crippen molar-refractivity contribution in [3.05, 3.63) is 12.4 Å². The minimum Gasteiger partial charge on any atom is -0.413 e. The number of imidazole rings is 2. The van der Waals surface area contributed by atoms with Crippen LogP contribution < -0.4 is 16.3 Å². The number of nitrogens with zero attached hydrogens (tertiary/aromatic N) is 3. The lowest BCUT2D eigenvalue weighted by Crippen LogP contribution is -2.09. The Balaban J connectivity index is 2.64. The molecule has 0 amide bonds. The first-order valence-corrected chi connectivity index (χ1v) is 3.97. The van der Waals surface area contributed by atoms with Gasteiger partial charge in [0, 0.05) is 6.20 Å². The summed E-state index contributed by atoms with van der Waals surface area (Å²) in [7, 11) is 0. The second-order valence-corrected chi connectivity index (χ2v) is 2.59. The van der Waals surface area contributed by atoms with Crippen LogP contribution in [0.25, 0.3) is 5.65 Å². The average Bonchev–Trinajstić information content (AvgIpc) is 2.58. The molecule has 6 nitrogen and oxygen atoms in total. The van der Waals surface area contributed by atoms with Crippen LogP contribution in [0.3, 0.4) is 0 Å². The highest BCUT2D eigenvalue weighted by atomic mass is 16.7. The van der Waals surface area contributed by atoms with Crippen LogP contribution in [0.4, 0.5) is 11.8 Å². The summed E-state index contributed by atoms with van der Waals surface area (Å²) < 4.78 is 3.23. The second-order valence-electron chi connectivity index (χ2n) is 2.59. The van der Waals surface area contributed by atoms with Crippen LogP contribution in [0.2, 0.25) is 0 Å². The third-order valence-electron chi connectivity index (χ3n) is 1.77. The van der Waals surface area contributed by atoms with Gasteiger partial charge in [0.2, 0.25) is 5.95 Å². The maximum absolute atomic E-state index is 5.64. The Morgan fingerprint density at radius 2 is 2.23 bits per heavy atom. The van der Waals surface area contributed by atoms with E-state index in [2.05, 4.69) is 4.98 Å². The van der Waals surface area contributed by atoms with E-state index in [1.165, 1.54) is 0 Å². The normalized spacial score (nSPS) is 10.8. The molecular formula is C7H11N5O. The molecule has 4 N–H and O–H groups in total. The minimum atomic E-state index is 0.367. The summed E-state index contributed by atoms with van der Waals surface area (Å²) in [5.74, 6) is 0.738. The van der Waals surface area contributed by atoms with E-state index in [9.17, 15) is 0 Å². The van der Waals surface area contributed by atoms with Gasteiger partial charge >= 0.3 is 0 Å². The van der Waals surface area contributed by atoms with E-state index < -0.39 is 0 Å².